The predicted octanol–water partition coefficient (Wildman–Crippen LogP) is 4.44. The maximum absolute atomic E-state index is 6.19. The van der Waals surface area contributed by atoms with Gasteiger partial charge in [-0.3, -0.25) is 0 Å². The molecular formula is C18H18BrN3O. The Hall–Kier alpha value is -1.98. The first-order valence-corrected chi connectivity index (χ1v) is 8.32. The maximum atomic E-state index is 6.19. The van der Waals surface area contributed by atoms with Crippen LogP contribution in [0.4, 0.5) is 0 Å². The van der Waals surface area contributed by atoms with Crippen LogP contribution in [0, 0.1) is 6.92 Å². The highest BCUT2D eigenvalue weighted by Crippen LogP contribution is 2.25. The van der Waals surface area contributed by atoms with Crippen LogP contribution in [0.1, 0.15) is 29.5 Å². The average Bonchev–Trinajstić information content (AvgIpc) is 3.03. The van der Waals surface area contributed by atoms with Crippen molar-refractivity contribution in [2.75, 3.05) is 0 Å². The second-order valence-electron chi connectivity index (χ2n) is 5.55. The third-order valence-corrected chi connectivity index (χ3v) is 4.27. The van der Waals surface area contributed by atoms with Crippen LogP contribution in [0.3, 0.4) is 0 Å². The summed E-state index contributed by atoms with van der Waals surface area (Å²) in [4.78, 5) is 4.47. The van der Waals surface area contributed by atoms with Crippen molar-refractivity contribution in [1.82, 2.24) is 10.1 Å². The number of rotatable bonds is 5. The number of aromatic nitrogens is 2. The third kappa shape index (κ3) is 3.86. The number of aryl methyl sites for hydroxylation is 2. The van der Waals surface area contributed by atoms with E-state index in [2.05, 4.69) is 38.2 Å². The van der Waals surface area contributed by atoms with E-state index < -0.39 is 0 Å². The molecule has 2 aromatic carbocycles. The summed E-state index contributed by atoms with van der Waals surface area (Å²) in [5, 5.41) is 4.07. The Balaban J connectivity index is 1.71. The van der Waals surface area contributed by atoms with Gasteiger partial charge in [-0.2, -0.15) is 4.98 Å². The second-order valence-corrected chi connectivity index (χ2v) is 6.46. The molecule has 0 fully saturated rings. The number of nitrogens with zero attached hydrogens (tertiary/aromatic N) is 2. The fourth-order valence-electron chi connectivity index (χ4n) is 2.46. The SMILES string of the molecule is Cc1cc(Br)ccc1-c1noc([C@H](N)CCc2ccccc2)n1. The Morgan fingerprint density at radius 3 is 2.70 bits per heavy atom. The van der Waals surface area contributed by atoms with Crippen molar-refractivity contribution < 1.29 is 4.52 Å². The molecule has 1 heterocycles. The molecule has 0 aliphatic carbocycles. The van der Waals surface area contributed by atoms with Gasteiger partial charge in [0.15, 0.2) is 0 Å². The van der Waals surface area contributed by atoms with Crippen molar-refractivity contribution in [3.05, 3.63) is 70.0 Å². The van der Waals surface area contributed by atoms with Crippen molar-refractivity contribution in [3.8, 4) is 11.4 Å². The summed E-state index contributed by atoms with van der Waals surface area (Å²) in [6.07, 6.45) is 1.65. The molecule has 0 saturated heterocycles. The van der Waals surface area contributed by atoms with Crippen LogP contribution >= 0.6 is 15.9 Å². The van der Waals surface area contributed by atoms with Gasteiger partial charge in [-0.1, -0.05) is 51.4 Å². The van der Waals surface area contributed by atoms with E-state index >= 15 is 0 Å². The van der Waals surface area contributed by atoms with E-state index in [0.717, 1.165) is 28.4 Å². The Labute approximate surface area is 143 Å². The standard InChI is InChI=1S/C18H18BrN3O/c1-12-11-14(19)8-9-15(12)17-21-18(23-22-17)16(20)10-7-13-5-3-2-4-6-13/h2-6,8-9,11,16H,7,10,20H2,1H3/t16-/m1/s1. The van der Waals surface area contributed by atoms with Gasteiger partial charge in [-0.15, -0.1) is 0 Å². The molecule has 0 bridgehead atoms. The van der Waals surface area contributed by atoms with Crippen molar-refractivity contribution in [2.45, 2.75) is 25.8 Å². The van der Waals surface area contributed by atoms with Crippen LogP contribution in [-0.2, 0) is 6.42 Å². The number of benzene rings is 2. The number of halogens is 1. The molecule has 0 saturated carbocycles. The Bertz CT molecular complexity index is 786. The maximum Gasteiger partial charge on any atom is 0.243 e. The third-order valence-electron chi connectivity index (χ3n) is 3.78. The molecule has 2 N–H and O–H groups in total. The summed E-state index contributed by atoms with van der Waals surface area (Å²) in [5.74, 6) is 1.07. The van der Waals surface area contributed by atoms with Crippen molar-refractivity contribution in [2.24, 2.45) is 5.73 Å². The summed E-state index contributed by atoms with van der Waals surface area (Å²) in [5.41, 5.74) is 9.49. The van der Waals surface area contributed by atoms with Crippen LogP contribution in [0.25, 0.3) is 11.4 Å². The fourth-order valence-corrected chi connectivity index (χ4v) is 2.94. The second kappa shape index (κ2) is 7.06. The van der Waals surface area contributed by atoms with Gasteiger partial charge < -0.3 is 10.3 Å². The average molecular weight is 372 g/mol. The molecule has 0 spiro atoms. The Kier molecular flexibility index (Phi) is 4.88. The highest BCUT2D eigenvalue weighted by Gasteiger charge is 2.16. The topological polar surface area (TPSA) is 64.9 Å². The van der Waals surface area contributed by atoms with Gasteiger partial charge in [0, 0.05) is 10.0 Å². The summed E-state index contributed by atoms with van der Waals surface area (Å²) in [6, 6.07) is 16.0. The molecule has 5 heteroatoms. The van der Waals surface area contributed by atoms with E-state index in [0.29, 0.717) is 11.7 Å². The lowest BCUT2D eigenvalue weighted by Crippen LogP contribution is -2.11. The van der Waals surface area contributed by atoms with Crippen molar-refractivity contribution in [1.29, 1.82) is 0 Å². The van der Waals surface area contributed by atoms with Gasteiger partial charge in [0.25, 0.3) is 0 Å². The normalized spacial score (nSPS) is 12.3. The molecule has 3 rings (SSSR count). The van der Waals surface area contributed by atoms with Crippen molar-refractivity contribution in [3.63, 3.8) is 0 Å². The van der Waals surface area contributed by atoms with Gasteiger partial charge in [0.2, 0.25) is 11.7 Å². The van der Waals surface area contributed by atoms with Crippen LogP contribution in [0.15, 0.2) is 57.5 Å². The van der Waals surface area contributed by atoms with E-state index in [-0.39, 0.29) is 6.04 Å². The smallest absolute Gasteiger partial charge is 0.243 e. The van der Waals surface area contributed by atoms with E-state index in [1.54, 1.807) is 0 Å². The lowest BCUT2D eigenvalue weighted by molar-refractivity contribution is 0.349. The minimum atomic E-state index is -0.257. The first kappa shape index (κ1) is 15.9. The minimum absolute atomic E-state index is 0.257. The number of hydrogen-bond acceptors (Lipinski definition) is 4. The van der Waals surface area contributed by atoms with Gasteiger partial charge in [-0.05, 0) is 49.1 Å². The molecule has 4 nitrogen and oxygen atoms in total. The molecule has 0 aliphatic rings. The molecule has 0 aliphatic heterocycles. The van der Waals surface area contributed by atoms with Gasteiger partial charge in [0.1, 0.15) is 0 Å². The van der Waals surface area contributed by atoms with Crippen molar-refractivity contribution >= 4 is 15.9 Å². The molecule has 1 aromatic heterocycles. The molecular weight excluding hydrogens is 354 g/mol. The number of nitrogens with two attached hydrogens (primary N) is 1. The van der Waals surface area contributed by atoms with Gasteiger partial charge in [-0.25, -0.2) is 0 Å². The lowest BCUT2D eigenvalue weighted by Gasteiger charge is -2.06. The molecule has 1 atom stereocenters. The highest BCUT2D eigenvalue weighted by atomic mass is 79.9. The first-order valence-electron chi connectivity index (χ1n) is 7.53. The summed E-state index contributed by atoms with van der Waals surface area (Å²) in [6.45, 7) is 2.02. The highest BCUT2D eigenvalue weighted by molar-refractivity contribution is 9.10. The Morgan fingerprint density at radius 1 is 1.17 bits per heavy atom. The molecule has 0 radical (unpaired) electrons. The molecule has 0 unspecified atom stereocenters. The first-order chi connectivity index (χ1) is 11.1. The molecule has 118 valence electrons. The zero-order valence-electron chi connectivity index (χ0n) is 12.9. The van der Waals surface area contributed by atoms with E-state index in [1.807, 2.05) is 43.3 Å². The van der Waals surface area contributed by atoms with Crippen LogP contribution < -0.4 is 5.73 Å². The quantitative estimate of drug-likeness (QED) is 0.719. The van der Waals surface area contributed by atoms with E-state index in [1.165, 1.54) is 5.56 Å². The molecule has 23 heavy (non-hydrogen) atoms. The lowest BCUT2D eigenvalue weighted by atomic mass is 10.1. The largest absolute Gasteiger partial charge is 0.337 e. The number of hydrogen-bond donors (Lipinski definition) is 1. The van der Waals surface area contributed by atoms with Crippen LogP contribution in [0.5, 0.6) is 0 Å². The van der Waals surface area contributed by atoms with Crippen LogP contribution in [0.2, 0.25) is 0 Å². The molecule has 0 amide bonds. The fraction of sp³-hybridized carbons (Fsp3) is 0.222. The Morgan fingerprint density at radius 2 is 1.96 bits per heavy atom. The summed E-state index contributed by atoms with van der Waals surface area (Å²) in [7, 11) is 0. The monoisotopic (exact) mass is 371 g/mol. The van der Waals surface area contributed by atoms with E-state index in [9.17, 15) is 0 Å². The summed E-state index contributed by atoms with van der Waals surface area (Å²) >= 11 is 3.46. The zero-order chi connectivity index (χ0) is 16.2. The minimum Gasteiger partial charge on any atom is -0.337 e. The molecule has 3 aromatic rings. The summed E-state index contributed by atoms with van der Waals surface area (Å²) < 4.78 is 6.39. The van der Waals surface area contributed by atoms with E-state index in [4.69, 9.17) is 10.3 Å². The zero-order valence-corrected chi connectivity index (χ0v) is 14.5. The van der Waals surface area contributed by atoms with Gasteiger partial charge in [0.05, 0.1) is 6.04 Å². The van der Waals surface area contributed by atoms with Crippen LogP contribution in [-0.4, -0.2) is 10.1 Å². The predicted molar refractivity (Wildman–Crippen MR) is 93.9 cm³/mol. The van der Waals surface area contributed by atoms with Gasteiger partial charge >= 0.3 is 0 Å².